The monoisotopic (exact) mass is 325 g/mol. The molecule has 0 heterocycles. The lowest BCUT2D eigenvalue weighted by molar-refractivity contribution is 0.104. The molecule has 0 radical (unpaired) electrons. The van der Waals surface area contributed by atoms with Crippen LogP contribution in [-0.4, -0.2) is 5.91 Å². The van der Waals surface area contributed by atoms with E-state index in [0.717, 1.165) is 3.57 Å². The molecule has 0 atom stereocenters. The van der Waals surface area contributed by atoms with Gasteiger partial charge in [0.05, 0.1) is 16.6 Å². The largest absolute Gasteiger partial charge is 0.387 e. The van der Waals surface area contributed by atoms with Gasteiger partial charge in [-0.15, -0.1) is 0 Å². The van der Waals surface area contributed by atoms with Crippen molar-refractivity contribution >= 4 is 51.7 Å². The molecule has 0 aliphatic heterocycles. The Hall–Kier alpha value is -0.310. The number of carbonyl (C=O) groups excluding carboxylic acids is 1. The van der Waals surface area contributed by atoms with Gasteiger partial charge in [-0.25, -0.2) is 0 Å². The summed E-state index contributed by atoms with van der Waals surface area (Å²) >= 11 is 13.6. The maximum Gasteiger partial charge on any atom is 0.387 e. The first-order valence-electron chi connectivity index (χ1n) is 3.13. The average Bonchev–Trinajstić information content (AvgIpc) is 2.13. The summed E-state index contributed by atoms with van der Waals surface area (Å²) in [4.78, 5) is 13.8. The molecule has 1 amide bonds. The van der Waals surface area contributed by atoms with E-state index >= 15 is 0 Å². The molecule has 1 aromatic rings. The SMILES string of the molecule is [C-]#[N+]C(=O)c1ccc(I)c(Cl)c1Cl. The molecule has 0 saturated carbocycles. The Bertz CT molecular complexity index is 411. The second-order valence-corrected chi connectivity index (χ2v) is 4.06. The predicted molar refractivity (Wildman–Crippen MR) is 60.1 cm³/mol. The average molecular weight is 326 g/mol. The fraction of sp³-hybridized carbons (Fsp3) is 0. The lowest BCUT2D eigenvalue weighted by atomic mass is 10.2. The molecule has 1 rings (SSSR count). The van der Waals surface area contributed by atoms with Gasteiger partial charge in [-0.05, 0) is 28.7 Å². The van der Waals surface area contributed by atoms with E-state index in [2.05, 4.69) is 4.85 Å². The third-order valence-electron chi connectivity index (χ3n) is 1.37. The summed E-state index contributed by atoms with van der Waals surface area (Å²) in [6.45, 7) is 6.54. The summed E-state index contributed by atoms with van der Waals surface area (Å²) in [5, 5.41) is 0.464. The van der Waals surface area contributed by atoms with Crippen LogP contribution in [0.15, 0.2) is 12.1 Å². The number of nitrogens with zero attached hydrogens (tertiary/aromatic N) is 1. The van der Waals surface area contributed by atoms with Gasteiger partial charge < -0.3 is 4.79 Å². The Kier molecular flexibility index (Phi) is 3.54. The highest BCUT2D eigenvalue weighted by molar-refractivity contribution is 14.1. The van der Waals surface area contributed by atoms with E-state index in [9.17, 15) is 4.79 Å². The topological polar surface area (TPSA) is 21.4 Å². The first kappa shape index (κ1) is 10.8. The van der Waals surface area contributed by atoms with E-state index in [-0.39, 0.29) is 10.6 Å². The highest BCUT2D eigenvalue weighted by Crippen LogP contribution is 2.30. The van der Waals surface area contributed by atoms with Gasteiger partial charge >= 0.3 is 5.91 Å². The minimum Gasteiger partial charge on any atom is -0.310 e. The van der Waals surface area contributed by atoms with Crippen molar-refractivity contribution in [2.24, 2.45) is 0 Å². The van der Waals surface area contributed by atoms with Gasteiger partial charge in [0.2, 0.25) is 0 Å². The molecular formula is C8H2Cl2INO. The quantitative estimate of drug-likeness (QED) is 0.438. The summed E-state index contributed by atoms with van der Waals surface area (Å²) in [6.07, 6.45) is 0. The van der Waals surface area contributed by atoms with Crippen LogP contribution in [0.5, 0.6) is 0 Å². The normalized spacial score (nSPS) is 9.38. The van der Waals surface area contributed by atoms with Crippen molar-refractivity contribution in [1.29, 1.82) is 0 Å². The van der Waals surface area contributed by atoms with Crippen molar-refractivity contribution in [1.82, 2.24) is 0 Å². The highest BCUT2D eigenvalue weighted by atomic mass is 127. The lowest BCUT2D eigenvalue weighted by Crippen LogP contribution is -1.94. The zero-order valence-corrected chi connectivity index (χ0v) is 9.81. The first-order chi connectivity index (χ1) is 6.07. The molecule has 66 valence electrons. The molecule has 0 N–H and O–H groups in total. The van der Waals surface area contributed by atoms with E-state index in [4.69, 9.17) is 29.8 Å². The van der Waals surface area contributed by atoms with Crippen molar-refractivity contribution in [3.8, 4) is 0 Å². The van der Waals surface area contributed by atoms with Crippen molar-refractivity contribution in [3.63, 3.8) is 0 Å². The van der Waals surface area contributed by atoms with Crippen LogP contribution in [0.2, 0.25) is 10.0 Å². The number of hydrogen-bond acceptors (Lipinski definition) is 1. The maximum absolute atomic E-state index is 11.0. The third kappa shape index (κ3) is 2.13. The molecule has 0 aromatic heterocycles. The molecule has 0 aliphatic rings. The van der Waals surface area contributed by atoms with Gasteiger partial charge in [0.1, 0.15) is 0 Å². The lowest BCUT2D eigenvalue weighted by Gasteiger charge is -2.02. The fourth-order valence-corrected chi connectivity index (χ4v) is 1.77. The molecule has 5 heteroatoms. The number of carbonyl (C=O) groups is 1. The standard InChI is InChI=1S/C8H2Cl2INO/c1-12-8(13)4-2-3-5(11)7(10)6(4)9/h2-3H. The fourth-order valence-electron chi connectivity index (χ4n) is 0.751. The number of rotatable bonds is 1. The minimum atomic E-state index is -0.691. The Morgan fingerprint density at radius 1 is 1.38 bits per heavy atom. The molecule has 0 spiro atoms. The third-order valence-corrected chi connectivity index (χ3v) is 3.47. The van der Waals surface area contributed by atoms with Gasteiger partial charge in [0, 0.05) is 9.13 Å². The van der Waals surface area contributed by atoms with E-state index in [1.165, 1.54) is 6.07 Å². The Labute approximate surface area is 98.8 Å². The number of hydrogen-bond donors (Lipinski definition) is 0. The van der Waals surface area contributed by atoms with Crippen molar-refractivity contribution in [3.05, 3.63) is 42.7 Å². The number of benzene rings is 1. The number of amides is 1. The van der Waals surface area contributed by atoms with Gasteiger partial charge in [0.15, 0.2) is 0 Å². The predicted octanol–water partition coefficient (Wildman–Crippen LogP) is 3.66. The molecular weight excluding hydrogens is 324 g/mol. The van der Waals surface area contributed by atoms with Crippen molar-refractivity contribution < 1.29 is 4.79 Å². The van der Waals surface area contributed by atoms with Gasteiger partial charge in [0.25, 0.3) is 0 Å². The molecule has 0 unspecified atom stereocenters. The molecule has 13 heavy (non-hydrogen) atoms. The van der Waals surface area contributed by atoms with Gasteiger partial charge in [-0.3, -0.25) is 0 Å². The van der Waals surface area contributed by atoms with Crippen molar-refractivity contribution in [2.75, 3.05) is 0 Å². The van der Waals surface area contributed by atoms with E-state index in [1.54, 1.807) is 6.07 Å². The highest BCUT2D eigenvalue weighted by Gasteiger charge is 2.13. The van der Waals surface area contributed by atoms with Gasteiger partial charge in [-0.2, -0.15) is 4.85 Å². The van der Waals surface area contributed by atoms with Crippen LogP contribution < -0.4 is 0 Å². The second-order valence-electron chi connectivity index (χ2n) is 2.14. The van der Waals surface area contributed by atoms with Crippen LogP contribution >= 0.6 is 45.8 Å². The molecule has 2 nitrogen and oxygen atoms in total. The van der Waals surface area contributed by atoms with E-state index in [1.807, 2.05) is 22.6 Å². The maximum atomic E-state index is 11.0. The van der Waals surface area contributed by atoms with Crippen molar-refractivity contribution in [2.45, 2.75) is 0 Å². The Balaban J connectivity index is 3.36. The van der Waals surface area contributed by atoms with E-state index < -0.39 is 5.91 Å². The zero-order valence-electron chi connectivity index (χ0n) is 6.14. The number of halogens is 3. The summed E-state index contributed by atoms with van der Waals surface area (Å²) in [5.74, 6) is -0.691. The molecule has 0 bridgehead atoms. The van der Waals surface area contributed by atoms with Crippen LogP contribution in [0.1, 0.15) is 10.4 Å². The Morgan fingerprint density at radius 3 is 2.54 bits per heavy atom. The second kappa shape index (κ2) is 4.27. The minimum absolute atomic E-state index is 0.148. The van der Waals surface area contributed by atoms with Crippen LogP contribution in [0.4, 0.5) is 0 Å². The zero-order chi connectivity index (χ0) is 10.0. The molecule has 1 aromatic carbocycles. The summed E-state index contributed by atoms with van der Waals surface area (Å²) in [5.41, 5.74) is 0.155. The first-order valence-corrected chi connectivity index (χ1v) is 4.96. The van der Waals surface area contributed by atoms with E-state index in [0.29, 0.717) is 5.02 Å². The smallest absolute Gasteiger partial charge is 0.310 e. The van der Waals surface area contributed by atoms with Crippen LogP contribution in [-0.2, 0) is 0 Å². The Morgan fingerprint density at radius 2 is 2.00 bits per heavy atom. The summed E-state index contributed by atoms with van der Waals surface area (Å²) < 4.78 is 0.755. The molecule has 0 aliphatic carbocycles. The van der Waals surface area contributed by atoms with Crippen LogP contribution in [0.3, 0.4) is 0 Å². The molecule has 0 saturated heterocycles. The van der Waals surface area contributed by atoms with Crippen LogP contribution in [0, 0.1) is 10.1 Å². The van der Waals surface area contributed by atoms with Gasteiger partial charge in [-0.1, -0.05) is 29.3 Å². The molecule has 0 fully saturated rings. The van der Waals surface area contributed by atoms with Crippen LogP contribution in [0.25, 0.3) is 4.85 Å². The summed E-state index contributed by atoms with van der Waals surface area (Å²) in [6, 6.07) is 3.14. The summed E-state index contributed by atoms with van der Waals surface area (Å²) in [7, 11) is 0.